The number of rotatable bonds is 8. The predicted octanol–water partition coefficient (Wildman–Crippen LogP) is 13.4. The molecule has 0 radical (unpaired) electrons. The number of hydrogen-bond acceptors (Lipinski definition) is 2. The van der Waals surface area contributed by atoms with Crippen molar-refractivity contribution in [2.75, 3.05) is 9.80 Å². The molecule has 9 rings (SSSR count). The Morgan fingerprint density at radius 3 is 0.922 bits per heavy atom. The highest BCUT2D eigenvalue weighted by Gasteiger charge is 2.16. The van der Waals surface area contributed by atoms with Crippen LogP contribution in [-0.4, -0.2) is 4.57 Å². The Bertz CT molecular complexity index is 2450. The van der Waals surface area contributed by atoms with Crippen molar-refractivity contribution in [3.63, 3.8) is 0 Å². The summed E-state index contributed by atoms with van der Waals surface area (Å²) in [6.45, 7) is 0. The van der Waals surface area contributed by atoms with Crippen LogP contribution >= 0.6 is 0 Å². The molecule has 0 atom stereocenters. The number of hydrogen-bond donors (Lipinski definition) is 0. The lowest BCUT2D eigenvalue weighted by atomic mass is 10.0. The molecule has 0 amide bonds. The summed E-state index contributed by atoms with van der Waals surface area (Å²) in [6.07, 6.45) is 0. The Morgan fingerprint density at radius 2 is 0.549 bits per heavy atom. The fraction of sp³-hybridized carbons (Fsp3) is 0. The van der Waals surface area contributed by atoms with Crippen molar-refractivity contribution in [1.29, 1.82) is 0 Å². The lowest BCUT2D eigenvalue weighted by molar-refractivity contribution is 1.17. The van der Waals surface area contributed by atoms with Gasteiger partial charge in [-0.25, -0.2) is 0 Å². The van der Waals surface area contributed by atoms with E-state index >= 15 is 0 Å². The standard InChI is InChI=1S/C48H35N3/c1-4-14-38(15-5-1)49(39-16-6-2-7-17-39)41-28-24-36(25-29-41)37-26-30-42(31-27-37)50(40-18-8-3-9-19-40)43-32-34-44(35-33-43)51-47-22-12-10-20-45(47)46-21-11-13-23-48(46)51/h1-35H. The van der Waals surface area contributed by atoms with E-state index in [0.29, 0.717) is 0 Å². The first-order chi connectivity index (χ1) is 25.3. The molecule has 0 bridgehead atoms. The third-order valence-electron chi connectivity index (χ3n) is 9.57. The molecule has 1 aromatic heterocycles. The first-order valence-corrected chi connectivity index (χ1v) is 17.4. The van der Waals surface area contributed by atoms with Gasteiger partial charge in [-0.3, -0.25) is 0 Å². The fourth-order valence-corrected chi connectivity index (χ4v) is 7.18. The fourth-order valence-electron chi connectivity index (χ4n) is 7.18. The highest BCUT2D eigenvalue weighted by atomic mass is 15.1. The van der Waals surface area contributed by atoms with E-state index in [9.17, 15) is 0 Å². The first-order valence-electron chi connectivity index (χ1n) is 17.4. The molecule has 51 heavy (non-hydrogen) atoms. The largest absolute Gasteiger partial charge is 0.311 e. The van der Waals surface area contributed by atoms with Crippen molar-refractivity contribution >= 4 is 55.9 Å². The van der Waals surface area contributed by atoms with Crippen LogP contribution in [0.4, 0.5) is 34.1 Å². The molecule has 242 valence electrons. The van der Waals surface area contributed by atoms with Gasteiger partial charge in [-0.15, -0.1) is 0 Å². The molecule has 1 heterocycles. The topological polar surface area (TPSA) is 11.4 Å². The zero-order chi connectivity index (χ0) is 34.0. The molecule has 0 fully saturated rings. The zero-order valence-corrected chi connectivity index (χ0v) is 28.0. The third kappa shape index (κ3) is 5.71. The van der Waals surface area contributed by atoms with Crippen LogP contribution in [0.5, 0.6) is 0 Å². The monoisotopic (exact) mass is 653 g/mol. The van der Waals surface area contributed by atoms with Crippen LogP contribution in [0.15, 0.2) is 212 Å². The van der Waals surface area contributed by atoms with Gasteiger partial charge >= 0.3 is 0 Å². The van der Waals surface area contributed by atoms with E-state index in [-0.39, 0.29) is 0 Å². The maximum Gasteiger partial charge on any atom is 0.0541 e. The van der Waals surface area contributed by atoms with Crippen molar-refractivity contribution in [3.8, 4) is 16.8 Å². The molecule has 0 saturated carbocycles. The quantitative estimate of drug-likeness (QED) is 0.162. The van der Waals surface area contributed by atoms with Crippen molar-refractivity contribution in [2.24, 2.45) is 0 Å². The van der Waals surface area contributed by atoms with E-state index in [4.69, 9.17) is 0 Å². The molecule has 0 unspecified atom stereocenters. The smallest absolute Gasteiger partial charge is 0.0541 e. The van der Waals surface area contributed by atoms with Gasteiger partial charge in [0.05, 0.1) is 11.0 Å². The number of fused-ring (bicyclic) bond motifs is 3. The molecule has 3 heteroatoms. The van der Waals surface area contributed by atoms with Gasteiger partial charge in [0.2, 0.25) is 0 Å². The number of para-hydroxylation sites is 5. The van der Waals surface area contributed by atoms with Crippen LogP contribution in [0.1, 0.15) is 0 Å². The van der Waals surface area contributed by atoms with Crippen molar-refractivity contribution in [1.82, 2.24) is 4.57 Å². The second-order valence-electron chi connectivity index (χ2n) is 12.7. The van der Waals surface area contributed by atoms with Crippen LogP contribution in [0.25, 0.3) is 38.6 Å². The van der Waals surface area contributed by atoms with E-state index in [0.717, 1.165) is 39.8 Å². The molecule has 0 aliphatic heterocycles. The van der Waals surface area contributed by atoms with Gasteiger partial charge in [-0.1, -0.05) is 115 Å². The minimum absolute atomic E-state index is 1.10. The minimum atomic E-state index is 1.10. The van der Waals surface area contributed by atoms with Gasteiger partial charge in [0.15, 0.2) is 0 Å². The van der Waals surface area contributed by atoms with Crippen LogP contribution in [0, 0.1) is 0 Å². The van der Waals surface area contributed by atoms with Crippen molar-refractivity contribution in [3.05, 3.63) is 212 Å². The number of benzene rings is 8. The SMILES string of the molecule is c1ccc(N(c2ccccc2)c2ccc(-c3ccc(N(c4ccccc4)c4ccc(-n5c6ccccc6c6ccccc65)cc4)cc3)cc2)cc1. The van der Waals surface area contributed by atoms with Gasteiger partial charge < -0.3 is 14.4 Å². The van der Waals surface area contributed by atoms with Crippen LogP contribution in [0.3, 0.4) is 0 Å². The summed E-state index contributed by atoms with van der Waals surface area (Å²) in [5, 5.41) is 2.53. The van der Waals surface area contributed by atoms with E-state index in [2.05, 4.69) is 227 Å². The van der Waals surface area contributed by atoms with Crippen LogP contribution in [0.2, 0.25) is 0 Å². The van der Waals surface area contributed by atoms with Crippen molar-refractivity contribution in [2.45, 2.75) is 0 Å². The maximum absolute atomic E-state index is 2.36. The highest BCUT2D eigenvalue weighted by Crippen LogP contribution is 2.39. The average Bonchev–Trinajstić information content (AvgIpc) is 3.55. The summed E-state index contributed by atoms with van der Waals surface area (Å²) in [6, 6.07) is 75.6. The molecule has 8 aromatic carbocycles. The molecular weight excluding hydrogens is 619 g/mol. The molecule has 0 spiro atoms. The zero-order valence-electron chi connectivity index (χ0n) is 28.0. The molecule has 9 aromatic rings. The predicted molar refractivity (Wildman–Crippen MR) is 216 cm³/mol. The number of aromatic nitrogens is 1. The number of anilines is 6. The molecule has 0 aliphatic carbocycles. The Labute approximate surface area is 298 Å². The van der Waals surface area contributed by atoms with E-state index in [1.807, 2.05) is 0 Å². The van der Waals surface area contributed by atoms with E-state index in [1.54, 1.807) is 0 Å². The van der Waals surface area contributed by atoms with Gasteiger partial charge in [-0.2, -0.15) is 0 Å². The lowest BCUT2D eigenvalue weighted by Crippen LogP contribution is -2.10. The second kappa shape index (κ2) is 13.2. The molecule has 0 N–H and O–H groups in total. The van der Waals surface area contributed by atoms with E-state index < -0.39 is 0 Å². The Hall–Kier alpha value is -6.84. The Balaban J connectivity index is 1.04. The maximum atomic E-state index is 2.36. The minimum Gasteiger partial charge on any atom is -0.311 e. The number of nitrogens with zero attached hydrogens (tertiary/aromatic N) is 3. The average molecular weight is 654 g/mol. The Kier molecular flexibility index (Phi) is 7.84. The van der Waals surface area contributed by atoms with Crippen molar-refractivity contribution < 1.29 is 0 Å². The summed E-state index contributed by atoms with van der Waals surface area (Å²) in [5.41, 5.74) is 12.6. The summed E-state index contributed by atoms with van der Waals surface area (Å²) in [4.78, 5) is 4.61. The molecule has 0 saturated heterocycles. The van der Waals surface area contributed by atoms with E-state index in [1.165, 1.54) is 32.9 Å². The molecule has 0 aliphatic rings. The third-order valence-corrected chi connectivity index (χ3v) is 9.57. The first kappa shape index (κ1) is 30.2. The summed E-state index contributed by atoms with van der Waals surface area (Å²) < 4.78 is 2.36. The summed E-state index contributed by atoms with van der Waals surface area (Å²) in [5.74, 6) is 0. The normalized spacial score (nSPS) is 11.1. The summed E-state index contributed by atoms with van der Waals surface area (Å²) in [7, 11) is 0. The van der Waals surface area contributed by atoms with Gasteiger partial charge in [0.25, 0.3) is 0 Å². The highest BCUT2D eigenvalue weighted by molar-refractivity contribution is 6.09. The molecular formula is C48H35N3. The summed E-state index contributed by atoms with van der Waals surface area (Å²) >= 11 is 0. The van der Waals surface area contributed by atoms with Crippen LogP contribution < -0.4 is 9.80 Å². The Morgan fingerprint density at radius 1 is 0.255 bits per heavy atom. The van der Waals surface area contributed by atoms with Gasteiger partial charge in [0, 0.05) is 50.6 Å². The van der Waals surface area contributed by atoms with Crippen LogP contribution in [-0.2, 0) is 0 Å². The van der Waals surface area contributed by atoms with Gasteiger partial charge in [0.1, 0.15) is 0 Å². The lowest BCUT2D eigenvalue weighted by Gasteiger charge is -2.26. The molecule has 3 nitrogen and oxygen atoms in total. The second-order valence-corrected chi connectivity index (χ2v) is 12.7. The van der Waals surface area contributed by atoms with Gasteiger partial charge in [-0.05, 0) is 108 Å².